The number of aryl methyl sites for hydroxylation is 2. The smallest absolute Gasteiger partial charge is 0.274 e. The van der Waals surface area contributed by atoms with Gasteiger partial charge >= 0.3 is 0 Å². The van der Waals surface area contributed by atoms with Crippen molar-refractivity contribution >= 4 is 27.5 Å². The summed E-state index contributed by atoms with van der Waals surface area (Å²) in [6.07, 6.45) is 0.563. The number of hydrazone groups is 1. The van der Waals surface area contributed by atoms with Crippen LogP contribution in [-0.4, -0.2) is 16.7 Å². The molecule has 0 fully saturated rings. The van der Waals surface area contributed by atoms with Crippen molar-refractivity contribution in [2.45, 2.75) is 27.2 Å². The third kappa shape index (κ3) is 3.57. The number of furan rings is 1. The quantitative estimate of drug-likeness (QED) is 0.637. The van der Waals surface area contributed by atoms with Crippen LogP contribution in [0.3, 0.4) is 0 Å². The van der Waals surface area contributed by atoms with Crippen molar-refractivity contribution < 1.29 is 14.3 Å². The maximum atomic E-state index is 12.1. The lowest BCUT2D eigenvalue weighted by Gasteiger charge is -2.07. The summed E-state index contributed by atoms with van der Waals surface area (Å²) in [5, 5.41) is 14.1. The van der Waals surface area contributed by atoms with Crippen molar-refractivity contribution in [3.8, 4) is 5.75 Å². The van der Waals surface area contributed by atoms with E-state index in [1.54, 1.807) is 38.1 Å². The van der Waals surface area contributed by atoms with E-state index in [0.717, 1.165) is 4.47 Å². The molecule has 1 aromatic carbocycles. The summed E-state index contributed by atoms with van der Waals surface area (Å²) in [7, 11) is 0. The van der Waals surface area contributed by atoms with Crippen LogP contribution in [0.25, 0.3) is 0 Å². The topological polar surface area (TPSA) is 74.8 Å². The van der Waals surface area contributed by atoms with E-state index in [4.69, 9.17) is 4.42 Å². The van der Waals surface area contributed by atoms with Crippen LogP contribution in [0.15, 0.2) is 38.3 Å². The monoisotopic (exact) mass is 364 g/mol. The molecule has 0 aliphatic carbocycles. The molecule has 0 unspecified atom stereocenters. The molecule has 6 heteroatoms. The fraction of sp³-hybridized carbons (Fsp3) is 0.250. The fourth-order valence-electron chi connectivity index (χ4n) is 2.10. The van der Waals surface area contributed by atoms with E-state index < -0.39 is 0 Å². The number of halogens is 1. The summed E-state index contributed by atoms with van der Waals surface area (Å²) in [6.45, 7) is 5.41. The van der Waals surface area contributed by atoms with Gasteiger partial charge in [0.2, 0.25) is 0 Å². The molecular weight excluding hydrogens is 348 g/mol. The second-order valence-electron chi connectivity index (χ2n) is 4.84. The summed E-state index contributed by atoms with van der Waals surface area (Å²) in [6, 6.07) is 6.75. The van der Waals surface area contributed by atoms with Gasteiger partial charge < -0.3 is 9.52 Å². The number of aromatic hydroxyl groups is 1. The van der Waals surface area contributed by atoms with E-state index in [2.05, 4.69) is 26.5 Å². The van der Waals surface area contributed by atoms with Gasteiger partial charge in [0, 0.05) is 10.0 Å². The summed E-state index contributed by atoms with van der Waals surface area (Å²) >= 11 is 3.36. The van der Waals surface area contributed by atoms with E-state index in [-0.39, 0.29) is 11.7 Å². The summed E-state index contributed by atoms with van der Waals surface area (Å²) < 4.78 is 6.16. The fourth-order valence-corrected chi connectivity index (χ4v) is 2.46. The third-order valence-corrected chi connectivity index (χ3v) is 3.68. The highest BCUT2D eigenvalue weighted by Crippen LogP contribution is 2.23. The molecule has 0 saturated heterocycles. The highest BCUT2D eigenvalue weighted by Gasteiger charge is 2.14. The maximum Gasteiger partial charge on any atom is 0.274 e. The average molecular weight is 365 g/mol. The number of phenols is 1. The standard InChI is InChI=1S/C16H17BrN2O3/c1-4-14(13-8-11(17)5-6-15(13)20)18-19-16(21)12-7-9(2)22-10(12)3/h5-8,20H,4H2,1-3H3,(H,19,21)/b18-14+. The van der Waals surface area contributed by atoms with Crippen LogP contribution in [0, 0.1) is 13.8 Å². The van der Waals surface area contributed by atoms with Crippen molar-refractivity contribution in [3.05, 3.63) is 51.4 Å². The van der Waals surface area contributed by atoms with E-state index in [1.807, 2.05) is 6.92 Å². The van der Waals surface area contributed by atoms with Gasteiger partial charge in [-0.25, -0.2) is 5.43 Å². The number of phenolic OH excluding ortho intramolecular Hbond substituents is 1. The highest BCUT2D eigenvalue weighted by atomic mass is 79.9. The summed E-state index contributed by atoms with van der Waals surface area (Å²) in [5.74, 6) is 1.00. The van der Waals surface area contributed by atoms with Crippen LogP contribution >= 0.6 is 15.9 Å². The van der Waals surface area contributed by atoms with Crippen molar-refractivity contribution in [2.75, 3.05) is 0 Å². The molecule has 0 spiro atoms. The second kappa shape index (κ2) is 6.79. The van der Waals surface area contributed by atoms with Gasteiger partial charge in [-0.1, -0.05) is 22.9 Å². The van der Waals surface area contributed by atoms with Crippen LogP contribution in [0.2, 0.25) is 0 Å². The van der Waals surface area contributed by atoms with Gasteiger partial charge in [0.1, 0.15) is 17.3 Å². The third-order valence-electron chi connectivity index (χ3n) is 3.18. The van der Waals surface area contributed by atoms with Gasteiger partial charge in [0.15, 0.2) is 0 Å². The summed E-state index contributed by atoms with van der Waals surface area (Å²) in [5.41, 5.74) is 4.13. The van der Waals surface area contributed by atoms with Crippen LogP contribution in [0.1, 0.15) is 40.8 Å². The second-order valence-corrected chi connectivity index (χ2v) is 5.76. The lowest BCUT2D eigenvalue weighted by atomic mass is 10.1. The zero-order valence-corrected chi connectivity index (χ0v) is 14.2. The molecule has 0 aliphatic heterocycles. The molecule has 0 saturated carbocycles. The lowest BCUT2D eigenvalue weighted by Crippen LogP contribution is -2.20. The normalized spacial score (nSPS) is 11.5. The Morgan fingerprint density at radius 2 is 2.05 bits per heavy atom. The molecule has 2 aromatic rings. The Morgan fingerprint density at radius 3 is 2.64 bits per heavy atom. The minimum atomic E-state index is -0.338. The molecule has 2 rings (SSSR count). The Kier molecular flexibility index (Phi) is 5.03. The van der Waals surface area contributed by atoms with E-state index >= 15 is 0 Å². The number of hydrogen-bond acceptors (Lipinski definition) is 4. The zero-order chi connectivity index (χ0) is 16.3. The van der Waals surface area contributed by atoms with E-state index in [9.17, 15) is 9.90 Å². The number of carbonyl (C=O) groups is 1. The molecular formula is C16H17BrN2O3. The number of rotatable bonds is 4. The maximum absolute atomic E-state index is 12.1. The molecule has 1 amide bonds. The molecule has 0 radical (unpaired) electrons. The lowest BCUT2D eigenvalue weighted by molar-refractivity contribution is 0.0953. The van der Waals surface area contributed by atoms with Crippen LogP contribution in [-0.2, 0) is 0 Å². The molecule has 0 bridgehead atoms. The van der Waals surface area contributed by atoms with Crippen LogP contribution in [0.5, 0.6) is 5.75 Å². The van der Waals surface area contributed by atoms with Crippen molar-refractivity contribution in [1.82, 2.24) is 5.43 Å². The number of nitrogens with one attached hydrogen (secondary N) is 1. The molecule has 5 nitrogen and oxygen atoms in total. The number of carbonyl (C=O) groups excluding carboxylic acids is 1. The minimum absolute atomic E-state index is 0.119. The number of benzene rings is 1. The number of amides is 1. The van der Waals surface area contributed by atoms with Crippen molar-refractivity contribution in [2.24, 2.45) is 5.10 Å². The van der Waals surface area contributed by atoms with Gasteiger partial charge in [-0.2, -0.15) is 5.10 Å². The number of hydrogen-bond donors (Lipinski definition) is 2. The Bertz CT molecular complexity index is 735. The zero-order valence-electron chi connectivity index (χ0n) is 12.6. The first-order valence-corrected chi connectivity index (χ1v) is 7.64. The molecule has 1 aromatic heterocycles. The molecule has 22 heavy (non-hydrogen) atoms. The Morgan fingerprint density at radius 1 is 1.32 bits per heavy atom. The summed E-state index contributed by atoms with van der Waals surface area (Å²) in [4.78, 5) is 12.1. The van der Waals surface area contributed by atoms with Gasteiger partial charge in [-0.3, -0.25) is 4.79 Å². The predicted octanol–water partition coefficient (Wildman–Crippen LogP) is 3.91. The van der Waals surface area contributed by atoms with Crippen LogP contribution in [0.4, 0.5) is 0 Å². The van der Waals surface area contributed by atoms with E-state index in [0.29, 0.717) is 34.8 Å². The molecule has 1 heterocycles. The Hall–Kier alpha value is -2.08. The van der Waals surface area contributed by atoms with Gasteiger partial charge in [-0.05, 0) is 44.5 Å². The number of nitrogens with zero attached hydrogens (tertiary/aromatic N) is 1. The van der Waals surface area contributed by atoms with Gasteiger partial charge in [-0.15, -0.1) is 0 Å². The SMILES string of the molecule is CC/C(=N\NC(=O)c1cc(C)oc1C)c1cc(Br)ccc1O. The van der Waals surface area contributed by atoms with Gasteiger partial charge in [0.25, 0.3) is 5.91 Å². The molecule has 2 N–H and O–H groups in total. The highest BCUT2D eigenvalue weighted by molar-refractivity contribution is 9.10. The predicted molar refractivity (Wildman–Crippen MR) is 88.3 cm³/mol. The average Bonchev–Trinajstić information content (AvgIpc) is 2.81. The first-order chi connectivity index (χ1) is 10.4. The first-order valence-electron chi connectivity index (χ1n) is 6.85. The largest absolute Gasteiger partial charge is 0.507 e. The minimum Gasteiger partial charge on any atom is -0.507 e. The van der Waals surface area contributed by atoms with Crippen molar-refractivity contribution in [1.29, 1.82) is 0 Å². The Labute approximate surface area is 137 Å². The first kappa shape index (κ1) is 16.3. The molecule has 116 valence electrons. The molecule has 0 aliphatic rings. The van der Waals surface area contributed by atoms with E-state index in [1.165, 1.54) is 0 Å². The molecule has 0 atom stereocenters. The van der Waals surface area contributed by atoms with Crippen molar-refractivity contribution in [3.63, 3.8) is 0 Å². The van der Waals surface area contributed by atoms with Crippen LogP contribution < -0.4 is 5.43 Å². The van der Waals surface area contributed by atoms with Gasteiger partial charge in [0.05, 0.1) is 11.3 Å². The Balaban J connectivity index is 2.24.